The fourth-order valence-corrected chi connectivity index (χ4v) is 1.17. The molecule has 0 N–H and O–H groups in total. The molecule has 1 heterocycles. The highest BCUT2D eigenvalue weighted by atomic mass is 79.9. The van der Waals surface area contributed by atoms with E-state index in [0.717, 1.165) is 0 Å². The topological polar surface area (TPSA) is 35.5 Å². The lowest BCUT2D eigenvalue weighted by Crippen LogP contribution is -2.12. The summed E-state index contributed by atoms with van der Waals surface area (Å²) in [5.41, 5.74) is 0. The van der Waals surface area contributed by atoms with Crippen LogP contribution in [0, 0.1) is 0 Å². The van der Waals surface area contributed by atoms with Gasteiger partial charge in [-0.15, -0.1) is 0 Å². The van der Waals surface area contributed by atoms with Gasteiger partial charge in [0.2, 0.25) is 5.76 Å². The zero-order chi connectivity index (χ0) is 9.68. The van der Waals surface area contributed by atoms with E-state index in [2.05, 4.69) is 15.9 Å². The van der Waals surface area contributed by atoms with Crippen LogP contribution in [0.5, 0.6) is 0 Å². The molecule has 0 amide bonds. The monoisotopic (exact) mass is 246 g/mol. The lowest BCUT2D eigenvalue weighted by Gasteiger charge is -2.08. The van der Waals surface area contributed by atoms with Gasteiger partial charge in [0.1, 0.15) is 6.61 Å². The highest BCUT2D eigenvalue weighted by Crippen LogP contribution is 2.11. The van der Waals surface area contributed by atoms with Crippen LogP contribution in [0.25, 0.3) is 0 Å². The summed E-state index contributed by atoms with van der Waals surface area (Å²) in [4.78, 5) is 11.3. The van der Waals surface area contributed by atoms with Crippen LogP contribution >= 0.6 is 15.9 Å². The van der Waals surface area contributed by atoms with Crippen molar-refractivity contribution in [3.8, 4) is 0 Å². The van der Waals surface area contributed by atoms with Crippen molar-refractivity contribution in [1.29, 1.82) is 0 Å². The van der Waals surface area contributed by atoms with E-state index in [9.17, 15) is 4.79 Å². The first-order valence-electron chi connectivity index (χ1n) is 4.06. The molecule has 1 atom stereocenters. The molecule has 1 rings (SSSR count). The van der Waals surface area contributed by atoms with Crippen LogP contribution in [0.1, 0.15) is 6.92 Å². The Morgan fingerprint density at radius 3 is 3.31 bits per heavy atom. The summed E-state index contributed by atoms with van der Waals surface area (Å²) in [6.07, 6.45) is 5.30. The van der Waals surface area contributed by atoms with Crippen LogP contribution < -0.4 is 0 Å². The average molecular weight is 247 g/mol. The van der Waals surface area contributed by atoms with Crippen LogP contribution in [0.15, 0.2) is 24.0 Å². The molecule has 0 aliphatic carbocycles. The van der Waals surface area contributed by atoms with Gasteiger partial charge in [0.25, 0.3) is 0 Å². The van der Waals surface area contributed by atoms with Gasteiger partial charge in [0.15, 0.2) is 0 Å². The van der Waals surface area contributed by atoms with Crippen molar-refractivity contribution in [1.82, 2.24) is 0 Å². The maximum Gasteiger partial charge on any atom is 0.373 e. The first-order chi connectivity index (χ1) is 6.24. The van der Waals surface area contributed by atoms with Gasteiger partial charge < -0.3 is 9.47 Å². The second-order valence-corrected chi connectivity index (χ2v) is 3.64. The molecule has 0 radical (unpaired) electrons. The van der Waals surface area contributed by atoms with Crippen molar-refractivity contribution in [3.05, 3.63) is 24.0 Å². The van der Waals surface area contributed by atoms with Gasteiger partial charge in [0.05, 0.1) is 11.4 Å². The molecule has 72 valence electrons. The third-order valence-corrected chi connectivity index (χ3v) is 2.01. The fourth-order valence-electron chi connectivity index (χ4n) is 0.866. The number of esters is 1. The second-order valence-electron chi connectivity index (χ2n) is 2.46. The molecule has 1 aliphatic heterocycles. The Labute approximate surface area is 85.5 Å². The third kappa shape index (κ3) is 3.22. The predicted molar refractivity (Wildman–Crippen MR) is 52.5 cm³/mol. The summed E-state index contributed by atoms with van der Waals surface area (Å²) < 4.78 is 10.00. The fraction of sp³-hybridized carbons (Fsp3) is 0.444. The highest BCUT2D eigenvalue weighted by Gasteiger charge is 2.14. The second kappa shape index (κ2) is 5.07. The summed E-state index contributed by atoms with van der Waals surface area (Å²) in [6.45, 7) is 2.57. The number of allylic oxidation sites excluding steroid dienone is 2. The third-order valence-electron chi connectivity index (χ3n) is 1.44. The molecular weight excluding hydrogens is 236 g/mol. The number of rotatable bonds is 2. The van der Waals surface area contributed by atoms with Gasteiger partial charge in [-0.2, -0.15) is 0 Å². The Hall–Kier alpha value is -0.770. The molecule has 0 aromatic rings. The summed E-state index contributed by atoms with van der Waals surface area (Å²) >= 11 is 3.36. The van der Waals surface area contributed by atoms with Crippen molar-refractivity contribution in [2.75, 3.05) is 13.2 Å². The molecule has 4 heteroatoms. The van der Waals surface area contributed by atoms with Crippen molar-refractivity contribution < 1.29 is 14.3 Å². The predicted octanol–water partition coefficient (Wildman–Crippen LogP) is 1.78. The summed E-state index contributed by atoms with van der Waals surface area (Å²) in [7, 11) is 0. The molecule has 0 aromatic carbocycles. The van der Waals surface area contributed by atoms with Crippen molar-refractivity contribution in [3.63, 3.8) is 0 Å². The highest BCUT2D eigenvalue weighted by molar-refractivity contribution is 9.09. The lowest BCUT2D eigenvalue weighted by molar-refractivity contribution is -0.142. The van der Waals surface area contributed by atoms with Gasteiger partial charge >= 0.3 is 5.97 Å². The Bertz CT molecular complexity index is 245. The minimum Gasteiger partial charge on any atom is -0.485 e. The normalized spacial score (nSPS) is 21.4. The lowest BCUT2D eigenvalue weighted by atomic mass is 10.4. The quantitative estimate of drug-likeness (QED) is 0.551. The van der Waals surface area contributed by atoms with Crippen LogP contribution in [0.3, 0.4) is 0 Å². The van der Waals surface area contributed by atoms with E-state index in [1.807, 2.05) is 6.08 Å². The zero-order valence-corrected chi connectivity index (χ0v) is 8.91. The molecule has 0 spiro atoms. The summed E-state index contributed by atoms with van der Waals surface area (Å²) in [6, 6.07) is 0. The molecule has 13 heavy (non-hydrogen) atoms. The van der Waals surface area contributed by atoms with Crippen LogP contribution in [0.2, 0.25) is 0 Å². The molecule has 1 aliphatic rings. The summed E-state index contributed by atoms with van der Waals surface area (Å²) in [5, 5.41) is 0. The largest absolute Gasteiger partial charge is 0.485 e. The Balaban J connectivity index is 2.56. The van der Waals surface area contributed by atoms with Gasteiger partial charge in [0, 0.05) is 0 Å². The summed E-state index contributed by atoms with van der Waals surface area (Å²) in [5.74, 6) is -0.145. The van der Waals surface area contributed by atoms with Crippen molar-refractivity contribution in [2.24, 2.45) is 0 Å². The molecule has 3 nitrogen and oxygen atoms in total. The molecule has 1 unspecified atom stereocenters. The number of hydrogen-bond acceptors (Lipinski definition) is 3. The maximum atomic E-state index is 11.2. The van der Waals surface area contributed by atoms with E-state index in [4.69, 9.17) is 9.47 Å². The number of halogens is 1. The Morgan fingerprint density at radius 1 is 1.85 bits per heavy atom. The van der Waals surface area contributed by atoms with E-state index in [-0.39, 0.29) is 10.6 Å². The molecule has 0 bridgehead atoms. The number of carbonyl (C=O) groups is 1. The van der Waals surface area contributed by atoms with Gasteiger partial charge in [-0.1, -0.05) is 28.1 Å². The van der Waals surface area contributed by atoms with Crippen molar-refractivity contribution >= 4 is 21.9 Å². The minimum absolute atomic E-state index is 0.149. The van der Waals surface area contributed by atoms with E-state index in [1.54, 1.807) is 19.1 Å². The SMILES string of the molecule is CCOC(=O)C1=CC=CC(Br)CO1. The molecular formula is C9H11BrO3. The number of carbonyl (C=O) groups excluding carboxylic acids is 1. The van der Waals surface area contributed by atoms with E-state index >= 15 is 0 Å². The van der Waals surface area contributed by atoms with Crippen LogP contribution in [-0.4, -0.2) is 24.0 Å². The van der Waals surface area contributed by atoms with Gasteiger partial charge in [-0.3, -0.25) is 0 Å². The average Bonchev–Trinajstić information content (AvgIpc) is 2.30. The standard InChI is InChI=1S/C9H11BrO3/c1-2-12-9(11)8-5-3-4-7(10)6-13-8/h3-5,7H,2,6H2,1H3. The smallest absolute Gasteiger partial charge is 0.373 e. The number of ether oxygens (including phenoxy) is 2. The van der Waals surface area contributed by atoms with E-state index in [1.165, 1.54) is 0 Å². The van der Waals surface area contributed by atoms with Crippen molar-refractivity contribution in [2.45, 2.75) is 11.8 Å². The first kappa shape index (κ1) is 10.3. The van der Waals surface area contributed by atoms with Crippen LogP contribution in [-0.2, 0) is 14.3 Å². The minimum atomic E-state index is -0.409. The Morgan fingerprint density at radius 2 is 2.62 bits per heavy atom. The molecule has 0 saturated heterocycles. The van der Waals surface area contributed by atoms with Gasteiger partial charge in [-0.25, -0.2) is 4.79 Å². The van der Waals surface area contributed by atoms with E-state index in [0.29, 0.717) is 13.2 Å². The first-order valence-corrected chi connectivity index (χ1v) is 4.98. The molecule has 0 aromatic heterocycles. The van der Waals surface area contributed by atoms with Crippen LogP contribution in [0.4, 0.5) is 0 Å². The van der Waals surface area contributed by atoms with E-state index < -0.39 is 5.97 Å². The van der Waals surface area contributed by atoms with Gasteiger partial charge in [-0.05, 0) is 13.0 Å². The molecule has 0 fully saturated rings. The number of alkyl halides is 1. The number of hydrogen-bond donors (Lipinski definition) is 0. The Kier molecular flexibility index (Phi) is 4.02. The maximum absolute atomic E-state index is 11.2. The zero-order valence-electron chi connectivity index (χ0n) is 7.33. The molecule has 0 saturated carbocycles.